The number of imide groups is 1. The molecule has 2 atom stereocenters. The summed E-state index contributed by atoms with van der Waals surface area (Å²) < 4.78 is 10.9. The van der Waals surface area contributed by atoms with E-state index in [1.165, 1.54) is 4.90 Å². The van der Waals surface area contributed by atoms with E-state index in [-0.39, 0.29) is 18.0 Å². The summed E-state index contributed by atoms with van der Waals surface area (Å²) in [6.07, 6.45) is 0.456. The Labute approximate surface area is 204 Å². The molecule has 0 radical (unpaired) electrons. The van der Waals surface area contributed by atoms with Crippen molar-refractivity contribution in [2.24, 2.45) is 0 Å². The van der Waals surface area contributed by atoms with Gasteiger partial charge in [0.1, 0.15) is 17.3 Å². The minimum Gasteiger partial charge on any atom is -0.497 e. The van der Waals surface area contributed by atoms with E-state index in [1.54, 1.807) is 12.0 Å². The van der Waals surface area contributed by atoms with Crippen LogP contribution in [-0.4, -0.2) is 83.7 Å². The highest BCUT2D eigenvalue weighted by Crippen LogP contribution is 2.48. The lowest BCUT2D eigenvalue weighted by Crippen LogP contribution is -2.53. The van der Waals surface area contributed by atoms with Gasteiger partial charge in [-0.1, -0.05) is 30.3 Å². The van der Waals surface area contributed by atoms with E-state index in [2.05, 4.69) is 9.88 Å². The molecule has 0 unspecified atom stereocenters. The second-order valence-corrected chi connectivity index (χ2v) is 9.76. The third-order valence-electron chi connectivity index (χ3n) is 7.73. The van der Waals surface area contributed by atoms with E-state index >= 15 is 0 Å². The van der Waals surface area contributed by atoms with Gasteiger partial charge in [0, 0.05) is 49.2 Å². The van der Waals surface area contributed by atoms with E-state index in [9.17, 15) is 9.59 Å². The van der Waals surface area contributed by atoms with Crippen molar-refractivity contribution in [3.8, 4) is 5.75 Å². The van der Waals surface area contributed by atoms with Crippen molar-refractivity contribution in [1.29, 1.82) is 0 Å². The molecule has 0 saturated carbocycles. The first kappa shape index (κ1) is 22.1. The van der Waals surface area contributed by atoms with Gasteiger partial charge >= 0.3 is 6.03 Å². The number of benzene rings is 2. The fraction of sp³-hybridized carbons (Fsp3) is 0.407. The summed E-state index contributed by atoms with van der Waals surface area (Å²) in [5.74, 6) is 0.642. The van der Waals surface area contributed by atoms with Gasteiger partial charge in [0.15, 0.2) is 0 Å². The largest absolute Gasteiger partial charge is 0.497 e. The highest BCUT2D eigenvalue weighted by Gasteiger charge is 2.60. The van der Waals surface area contributed by atoms with E-state index in [4.69, 9.17) is 9.47 Å². The van der Waals surface area contributed by atoms with Gasteiger partial charge in [-0.3, -0.25) is 19.5 Å². The third-order valence-corrected chi connectivity index (χ3v) is 7.73. The lowest BCUT2D eigenvalue weighted by atomic mass is 9.81. The van der Waals surface area contributed by atoms with Crippen LogP contribution in [0.2, 0.25) is 0 Å². The van der Waals surface area contributed by atoms with Crippen LogP contribution in [-0.2, 0) is 16.0 Å². The maximum atomic E-state index is 13.9. The maximum Gasteiger partial charge on any atom is 0.328 e. The SMILES string of the molecule is COc1ccc2[nH]c3c(c2c1)C[C@@]1(C)C(=O)N(CCN2CCOCC2)C(=O)N1[C@@H]3c1ccccc1. The van der Waals surface area contributed by atoms with E-state index in [0.717, 1.165) is 46.6 Å². The molecule has 35 heavy (non-hydrogen) atoms. The summed E-state index contributed by atoms with van der Waals surface area (Å²) in [7, 11) is 1.65. The molecule has 4 heterocycles. The molecule has 0 spiro atoms. The fourth-order valence-corrected chi connectivity index (χ4v) is 5.86. The zero-order chi connectivity index (χ0) is 24.2. The van der Waals surface area contributed by atoms with Crippen molar-refractivity contribution >= 4 is 22.8 Å². The quantitative estimate of drug-likeness (QED) is 0.575. The van der Waals surface area contributed by atoms with Gasteiger partial charge in [-0.2, -0.15) is 0 Å². The van der Waals surface area contributed by atoms with Crippen molar-refractivity contribution in [2.75, 3.05) is 46.5 Å². The Kier molecular flexibility index (Phi) is 5.30. The first-order valence-corrected chi connectivity index (χ1v) is 12.2. The number of rotatable bonds is 5. The summed E-state index contributed by atoms with van der Waals surface area (Å²) in [6.45, 7) is 5.98. The Morgan fingerprint density at radius 3 is 2.60 bits per heavy atom. The number of nitrogens with zero attached hydrogens (tertiary/aromatic N) is 3. The van der Waals surface area contributed by atoms with Crippen LogP contribution in [0.4, 0.5) is 4.79 Å². The second-order valence-electron chi connectivity index (χ2n) is 9.76. The predicted molar refractivity (Wildman–Crippen MR) is 131 cm³/mol. The monoisotopic (exact) mass is 474 g/mol. The van der Waals surface area contributed by atoms with Crippen LogP contribution >= 0.6 is 0 Å². The van der Waals surface area contributed by atoms with Gasteiger partial charge in [0.05, 0.1) is 20.3 Å². The first-order valence-electron chi connectivity index (χ1n) is 12.2. The molecule has 0 aliphatic carbocycles. The number of aromatic amines is 1. The number of hydrogen-bond donors (Lipinski definition) is 1. The van der Waals surface area contributed by atoms with Gasteiger partial charge in [-0.15, -0.1) is 0 Å². The molecule has 1 aromatic heterocycles. The molecule has 8 heteroatoms. The second kappa shape index (κ2) is 8.39. The molecule has 3 aromatic rings. The number of aromatic nitrogens is 1. The fourth-order valence-electron chi connectivity index (χ4n) is 5.86. The average Bonchev–Trinajstić information content (AvgIpc) is 3.33. The molecule has 3 aliphatic rings. The molecule has 8 nitrogen and oxygen atoms in total. The Hall–Kier alpha value is -3.36. The molecule has 2 fully saturated rings. The number of amides is 3. The number of carbonyl (C=O) groups is 2. The summed E-state index contributed by atoms with van der Waals surface area (Å²) in [4.78, 5) is 36.9. The highest BCUT2D eigenvalue weighted by molar-refractivity contribution is 6.08. The average molecular weight is 475 g/mol. The number of nitrogens with one attached hydrogen (secondary N) is 1. The molecule has 1 N–H and O–H groups in total. The molecule has 2 aromatic carbocycles. The standard InChI is InChI=1S/C27H30N4O4/c1-27-17-21-20-16-19(34-2)8-9-22(20)28-23(21)24(18-6-4-3-5-7-18)31(27)26(33)30(25(27)32)11-10-29-12-14-35-15-13-29/h3-9,16,24,28H,10-15,17H2,1-2H3/t24-,27+/m1/s1. The summed E-state index contributed by atoms with van der Waals surface area (Å²) >= 11 is 0. The maximum absolute atomic E-state index is 13.9. The van der Waals surface area contributed by atoms with Crippen molar-refractivity contribution < 1.29 is 19.1 Å². The van der Waals surface area contributed by atoms with Crippen molar-refractivity contribution in [3.63, 3.8) is 0 Å². The minimum atomic E-state index is -0.964. The zero-order valence-electron chi connectivity index (χ0n) is 20.1. The Balaban J connectivity index is 1.43. The number of urea groups is 1. The van der Waals surface area contributed by atoms with E-state index in [0.29, 0.717) is 32.7 Å². The number of fused-ring (bicyclic) bond motifs is 4. The normalized spacial score (nSPS) is 24.7. The van der Waals surface area contributed by atoms with Gasteiger partial charge < -0.3 is 14.5 Å². The molecular weight excluding hydrogens is 444 g/mol. The third kappa shape index (κ3) is 3.43. The Morgan fingerprint density at radius 2 is 1.86 bits per heavy atom. The van der Waals surface area contributed by atoms with Crippen LogP contribution in [0.5, 0.6) is 5.75 Å². The van der Waals surface area contributed by atoms with Crippen LogP contribution in [0.25, 0.3) is 10.9 Å². The van der Waals surface area contributed by atoms with Gasteiger partial charge in [0.2, 0.25) is 0 Å². The lowest BCUT2D eigenvalue weighted by Gasteiger charge is -2.42. The molecule has 0 bridgehead atoms. The Morgan fingerprint density at radius 1 is 1.09 bits per heavy atom. The number of hydrogen-bond acceptors (Lipinski definition) is 5. The molecular formula is C27H30N4O4. The van der Waals surface area contributed by atoms with Crippen molar-refractivity contribution in [2.45, 2.75) is 24.9 Å². The molecule has 3 aliphatic heterocycles. The van der Waals surface area contributed by atoms with Crippen molar-refractivity contribution in [1.82, 2.24) is 19.7 Å². The minimum absolute atomic E-state index is 0.125. The van der Waals surface area contributed by atoms with E-state index < -0.39 is 5.54 Å². The van der Waals surface area contributed by atoms with Crippen LogP contribution in [0.1, 0.15) is 29.8 Å². The number of carbonyl (C=O) groups excluding carboxylic acids is 2. The van der Waals surface area contributed by atoms with Gasteiger partial charge in [-0.25, -0.2) is 4.79 Å². The number of ether oxygens (including phenoxy) is 2. The summed E-state index contributed by atoms with van der Waals surface area (Å²) in [5.41, 5.74) is 3.03. The van der Waals surface area contributed by atoms with E-state index in [1.807, 2.05) is 55.5 Å². The summed E-state index contributed by atoms with van der Waals surface area (Å²) in [5, 5.41) is 1.04. The molecule has 3 amide bonds. The van der Waals surface area contributed by atoms with Gasteiger partial charge in [0.25, 0.3) is 5.91 Å². The highest BCUT2D eigenvalue weighted by atomic mass is 16.5. The zero-order valence-corrected chi connectivity index (χ0v) is 20.1. The summed E-state index contributed by atoms with van der Waals surface area (Å²) in [6, 6.07) is 15.3. The van der Waals surface area contributed by atoms with Crippen LogP contribution in [0, 0.1) is 0 Å². The van der Waals surface area contributed by atoms with Crippen molar-refractivity contribution in [3.05, 3.63) is 65.4 Å². The number of methoxy groups -OCH3 is 1. The smallest absolute Gasteiger partial charge is 0.328 e. The number of morpholine rings is 1. The Bertz CT molecular complexity index is 1280. The molecule has 6 rings (SSSR count). The topological polar surface area (TPSA) is 78.1 Å². The van der Waals surface area contributed by atoms with Crippen LogP contribution < -0.4 is 4.74 Å². The number of H-pyrrole nitrogens is 1. The lowest BCUT2D eigenvalue weighted by molar-refractivity contribution is -0.133. The van der Waals surface area contributed by atoms with Gasteiger partial charge in [-0.05, 0) is 36.2 Å². The predicted octanol–water partition coefficient (Wildman–Crippen LogP) is 3.18. The molecule has 182 valence electrons. The first-order chi connectivity index (χ1) is 17.0. The van der Waals surface area contributed by atoms with Crippen LogP contribution in [0.3, 0.4) is 0 Å². The van der Waals surface area contributed by atoms with Crippen LogP contribution in [0.15, 0.2) is 48.5 Å². The molecule has 2 saturated heterocycles.